The molecule has 0 aliphatic carbocycles. The lowest BCUT2D eigenvalue weighted by molar-refractivity contribution is 0.329. The van der Waals surface area contributed by atoms with Gasteiger partial charge in [0.1, 0.15) is 17.0 Å². The Labute approximate surface area is 167 Å². The standard InChI is InChI=1S/C21H21N5OS/c1-2-16-12-17-19(22-13-23-21(17)28-16)26-10-8-15(9-11-26)20-24-18(25-27-20)14-6-4-3-5-7-14/h3-7,12-13,15H,2,8-11H2,1H3. The zero-order valence-electron chi connectivity index (χ0n) is 15.7. The molecule has 0 atom stereocenters. The van der Waals surface area contributed by atoms with Crippen LogP contribution in [0.3, 0.4) is 0 Å². The molecular formula is C21H21N5OS. The second-order valence-corrected chi connectivity index (χ2v) is 8.18. The van der Waals surface area contributed by atoms with Gasteiger partial charge < -0.3 is 9.42 Å². The average molecular weight is 392 g/mol. The molecule has 0 spiro atoms. The number of fused-ring (bicyclic) bond motifs is 1. The van der Waals surface area contributed by atoms with E-state index < -0.39 is 0 Å². The summed E-state index contributed by atoms with van der Waals surface area (Å²) in [4.78, 5) is 18.5. The van der Waals surface area contributed by atoms with Crippen LogP contribution in [-0.4, -0.2) is 33.2 Å². The first kappa shape index (κ1) is 17.3. The van der Waals surface area contributed by atoms with Gasteiger partial charge in [-0.1, -0.05) is 42.4 Å². The van der Waals surface area contributed by atoms with Crippen LogP contribution in [0.1, 0.15) is 36.5 Å². The summed E-state index contributed by atoms with van der Waals surface area (Å²) >= 11 is 1.76. The summed E-state index contributed by atoms with van der Waals surface area (Å²) in [6.45, 7) is 4.03. The zero-order chi connectivity index (χ0) is 18.9. The fraction of sp³-hybridized carbons (Fsp3) is 0.333. The number of aromatic nitrogens is 4. The number of nitrogens with zero attached hydrogens (tertiary/aromatic N) is 5. The molecule has 0 saturated carbocycles. The number of piperidine rings is 1. The second-order valence-electron chi connectivity index (χ2n) is 7.07. The summed E-state index contributed by atoms with van der Waals surface area (Å²) in [6.07, 6.45) is 4.67. The van der Waals surface area contributed by atoms with Gasteiger partial charge in [0, 0.05) is 29.4 Å². The van der Waals surface area contributed by atoms with Crippen LogP contribution in [0, 0.1) is 0 Å². The normalized spacial score (nSPS) is 15.4. The Kier molecular flexibility index (Phi) is 4.52. The van der Waals surface area contributed by atoms with E-state index in [2.05, 4.69) is 38.0 Å². The fourth-order valence-electron chi connectivity index (χ4n) is 3.76. The van der Waals surface area contributed by atoms with Crippen molar-refractivity contribution in [1.82, 2.24) is 20.1 Å². The molecule has 3 aromatic heterocycles. The maximum absolute atomic E-state index is 5.58. The highest BCUT2D eigenvalue weighted by molar-refractivity contribution is 7.18. The maximum Gasteiger partial charge on any atom is 0.230 e. The fourth-order valence-corrected chi connectivity index (χ4v) is 4.69. The van der Waals surface area contributed by atoms with Crippen LogP contribution in [0.2, 0.25) is 0 Å². The van der Waals surface area contributed by atoms with Gasteiger partial charge in [-0.05, 0) is 25.3 Å². The van der Waals surface area contributed by atoms with Crippen molar-refractivity contribution in [2.75, 3.05) is 18.0 Å². The summed E-state index contributed by atoms with van der Waals surface area (Å²) < 4.78 is 5.58. The highest BCUT2D eigenvalue weighted by Gasteiger charge is 2.27. The van der Waals surface area contributed by atoms with E-state index in [1.54, 1.807) is 17.7 Å². The summed E-state index contributed by atoms with van der Waals surface area (Å²) in [5, 5.41) is 5.35. The molecule has 1 aromatic carbocycles. The SMILES string of the molecule is CCc1cc2c(N3CCC(c4nc(-c5ccccc5)no4)CC3)ncnc2s1. The van der Waals surface area contributed by atoms with Crippen LogP contribution in [0.25, 0.3) is 21.6 Å². The Hall–Kier alpha value is -2.80. The smallest absolute Gasteiger partial charge is 0.230 e. The second kappa shape index (κ2) is 7.31. The first-order valence-corrected chi connectivity index (χ1v) is 10.5. The molecule has 1 fully saturated rings. The molecule has 4 aromatic rings. The first-order chi connectivity index (χ1) is 13.8. The molecule has 1 saturated heterocycles. The van der Waals surface area contributed by atoms with Gasteiger partial charge in [-0.25, -0.2) is 9.97 Å². The van der Waals surface area contributed by atoms with Gasteiger partial charge in [0.05, 0.1) is 5.39 Å². The van der Waals surface area contributed by atoms with E-state index in [-0.39, 0.29) is 0 Å². The molecule has 0 radical (unpaired) electrons. The molecule has 6 nitrogen and oxygen atoms in total. The predicted molar refractivity (Wildman–Crippen MR) is 111 cm³/mol. The van der Waals surface area contributed by atoms with Crippen LogP contribution < -0.4 is 4.90 Å². The lowest BCUT2D eigenvalue weighted by atomic mass is 9.96. The van der Waals surface area contributed by atoms with Gasteiger partial charge in [-0.2, -0.15) is 4.98 Å². The highest BCUT2D eigenvalue weighted by Crippen LogP contribution is 2.34. The quantitative estimate of drug-likeness (QED) is 0.503. The molecule has 28 heavy (non-hydrogen) atoms. The van der Waals surface area contributed by atoms with Gasteiger partial charge in [-0.15, -0.1) is 11.3 Å². The van der Waals surface area contributed by atoms with E-state index in [1.165, 1.54) is 10.3 Å². The van der Waals surface area contributed by atoms with E-state index >= 15 is 0 Å². The third kappa shape index (κ3) is 3.16. The topological polar surface area (TPSA) is 67.9 Å². The molecule has 142 valence electrons. The molecule has 0 unspecified atom stereocenters. The number of benzene rings is 1. The van der Waals surface area contributed by atoms with Gasteiger partial charge in [0.15, 0.2) is 0 Å². The molecule has 0 bridgehead atoms. The van der Waals surface area contributed by atoms with Crippen LogP contribution in [-0.2, 0) is 6.42 Å². The number of thiophene rings is 1. The summed E-state index contributed by atoms with van der Waals surface area (Å²) in [5.74, 6) is 2.76. The van der Waals surface area contributed by atoms with Crippen molar-refractivity contribution in [2.24, 2.45) is 0 Å². The van der Waals surface area contributed by atoms with E-state index in [4.69, 9.17) is 4.52 Å². The third-order valence-corrected chi connectivity index (χ3v) is 6.51. The lowest BCUT2D eigenvalue weighted by Gasteiger charge is -2.31. The molecule has 5 rings (SSSR count). The number of hydrogen-bond acceptors (Lipinski definition) is 7. The minimum atomic E-state index is 0.298. The van der Waals surface area contributed by atoms with Crippen molar-refractivity contribution < 1.29 is 4.52 Å². The van der Waals surface area contributed by atoms with Crippen LogP contribution >= 0.6 is 11.3 Å². The van der Waals surface area contributed by atoms with E-state index in [0.29, 0.717) is 11.7 Å². The van der Waals surface area contributed by atoms with Crippen molar-refractivity contribution in [1.29, 1.82) is 0 Å². The number of aryl methyl sites for hydroxylation is 1. The molecule has 1 aliphatic heterocycles. The molecule has 7 heteroatoms. The Balaban J connectivity index is 1.32. The number of hydrogen-bond donors (Lipinski definition) is 0. The van der Waals surface area contributed by atoms with Crippen molar-refractivity contribution in [3.8, 4) is 11.4 Å². The number of rotatable bonds is 4. The minimum absolute atomic E-state index is 0.298. The van der Waals surface area contributed by atoms with Crippen molar-refractivity contribution in [3.05, 3.63) is 53.5 Å². The van der Waals surface area contributed by atoms with Crippen molar-refractivity contribution in [3.63, 3.8) is 0 Å². The van der Waals surface area contributed by atoms with E-state index in [9.17, 15) is 0 Å². The molecule has 4 heterocycles. The summed E-state index contributed by atoms with van der Waals surface area (Å²) in [5.41, 5.74) is 0.988. The van der Waals surface area contributed by atoms with Crippen LogP contribution in [0.15, 0.2) is 47.2 Å². The van der Waals surface area contributed by atoms with Gasteiger partial charge >= 0.3 is 0 Å². The number of anilines is 1. The monoisotopic (exact) mass is 391 g/mol. The minimum Gasteiger partial charge on any atom is -0.356 e. The van der Waals surface area contributed by atoms with Crippen LogP contribution in [0.5, 0.6) is 0 Å². The Morgan fingerprint density at radius 2 is 1.96 bits per heavy atom. The molecular weight excluding hydrogens is 370 g/mol. The summed E-state index contributed by atoms with van der Waals surface area (Å²) in [6, 6.07) is 12.2. The molecule has 1 aliphatic rings. The largest absolute Gasteiger partial charge is 0.356 e. The first-order valence-electron chi connectivity index (χ1n) is 9.69. The van der Waals surface area contributed by atoms with Crippen LogP contribution in [0.4, 0.5) is 5.82 Å². The molecule has 0 N–H and O–H groups in total. The lowest BCUT2D eigenvalue weighted by Crippen LogP contribution is -2.33. The Morgan fingerprint density at radius 1 is 1.14 bits per heavy atom. The molecule has 0 amide bonds. The highest BCUT2D eigenvalue weighted by atomic mass is 32.1. The third-order valence-electron chi connectivity index (χ3n) is 5.33. The Morgan fingerprint density at radius 3 is 2.75 bits per heavy atom. The summed E-state index contributed by atoms with van der Waals surface area (Å²) in [7, 11) is 0. The van der Waals surface area contributed by atoms with E-state index in [1.807, 2.05) is 30.3 Å². The average Bonchev–Trinajstić information content (AvgIpc) is 3.41. The van der Waals surface area contributed by atoms with Crippen molar-refractivity contribution >= 4 is 27.4 Å². The van der Waals surface area contributed by atoms with Gasteiger partial charge in [0.25, 0.3) is 0 Å². The van der Waals surface area contributed by atoms with E-state index in [0.717, 1.165) is 54.5 Å². The predicted octanol–water partition coefficient (Wildman–Crippen LogP) is 4.69. The maximum atomic E-state index is 5.58. The van der Waals surface area contributed by atoms with Gasteiger partial charge in [0.2, 0.25) is 11.7 Å². The zero-order valence-corrected chi connectivity index (χ0v) is 16.5. The Bertz CT molecular complexity index is 1080. The van der Waals surface area contributed by atoms with Crippen molar-refractivity contribution in [2.45, 2.75) is 32.1 Å². The van der Waals surface area contributed by atoms with Gasteiger partial charge in [-0.3, -0.25) is 0 Å².